The number of nitrogens with one attached hydrogen (secondary N) is 1. The molecule has 0 amide bonds. The molecule has 126 valence electrons. The van der Waals surface area contributed by atoms with E-state index in [2.05, 4.69) is 27.3 Å². The van der Waals surface area contributed by atoms with E-state index in [0.717, 1.165) is 11.4 Å². The van der Waals surface area contributed by atoms with Gasteiger partial charge in [-0.15, -0.1) is 10.2 Å². The summed E-state index contributed by atoms with van der Waals surface area (Å²) in [4.78, 5) is 2.54. The van der Waals surface area contributed by atoms with Crippen molar-refractivity contribution in [2.24, 2.45) is 5.92 Å². The van der Waals surface area contributed by atoms with Crippen molar-refractivity contribution in [3.05, 3.63) is 41.7 Å². The third kappa shape index (κ3) is 2.77. The number of nitrogens with zero attached hydrogens (tertiary/aromatic N) is 3. The van der Waals surface area contributed by atoms with Gasteiger partial charge in [-0.3, -0.25) is 4.90 Å². The van der Waals surface area contributed by atoms with Crippen LogP contribution in [0.15, 0.2) is 30.3 Å². The summed E-state index contributed by atoms with van der Waals surface area (Å²) in [5.74, 6) is 1.23. The van der Waals surface area contributed by atoms with E-state index in [-0.39, 0.29) is 5.82 Å². The number of anilines is 1. The molecule has 3 aliphatic rings. The molecule has 3 fully saturated rings. The number of hydrogen-bond acceptors (Lipinski definition) is 4. The first-order chi connectivity index (χ1) is 11.6. The Morgan fingerprint density at radius 2 is 1.92 bits per heavy atom. The standard InChI is InChI=1S/C19H23FN4/c1-12-3-4-15(16(20)11-12)17-5-6-18(23-22-17)21-19-13(2)24-9-7-14(19)8-10-24/h3-6,11,13-14,19H,7-10H2,1-2H3,(H,21,23). The summed E-state index contributed by atoms with van der Waals surface area (Å²) in [7, 11) is 0. The molecule has 1 aromatic heterocycles. The van der Waals surface area contributed by atoms with Crippen molar-refractivity contribution in [1.29, 1.82) is 0 Å². The second-order valence-corrected chi connectivity index (χ2v) is 7.07. The van der Waals surface area contributed by atoms with Gasteiger partial charge in [0.05, 0.1) is 5.69 Å². The van der Waals surface area contributed by atoms with Gasteiger partial charge < -0.3 is 5.32 Å². The highest BCUT2D eigenvalue weighted by Gasteiger charge is 2.39. The lowest BCUT2D eigenvalue weighted by Crippen LogP contribution is -2.59. The molecular formula is C19H23FN4. The third-order valence-corrected chi connectivity index (χ3v) is 5.56. The second kappa shape index (κ2) is 6.13. The van der Waals surface area contributed by atoms with Gasteiger partial charge in [-0.1, -0.05) is 6.07 Å². The van der Waals surface area contributed by atoms with Crippen LogP contribution in [-0.2, 0) is 0 Å². The highest BCUT2D eigenvalue weighted by Crippen LogP contribution is 2.33. The molecule has 2 unspecified atom stereocenters. The highest BCUT2D eigenvalue weighted by molar-refractivity contribution is 5.60. The molecular weight excluding hydrogens is 303 g/mol. The summed E-state index contributed by atoms with van der Waals surface area (Å²) >= 11 is 0. The third-order valence-electron chi connectivity index (χ3n) is 5.56. The van der Waals surface area contributed by atoms with Gasteiger partial charge in [0.15, 0.2) is 0 Å². The van der Waals surface area contributed by atoms with Gasteiger partial charge in [-0.25, -0.2) is 4.39 Å². The average molecular weight is 326 g/mol. The van der Waals surface area contributed by atoms with Gasteiger partial charge in [0.1, 0.15) is 11.6 Å². The summed E-state index contributed by atoms with van der Waals surface area (Å²) in [5, 5.41) is 12.1. The van der Waals surface area contributed by atoms with Gasteiger partial charge in [0.2, 0.25) is 0 Å². The maximum Gasteiger partial charge on any atom is 0.148 e. The molecule has 4 nitrogen and oxygen atoms in total. The Balaban J connectivity index is 1.52. The normalized spacial score (nSPS) is 28.8. The van der Waals surface area contributed by atoms with Crippen molar-refractivity contribution >= 4 is 5.82 Å². The fourth-order valence-corrected chi connectivity index (χ4v) is 4.10. The van der Waals surface area contributed by atoms with Gasteiger partial charge >= 0.3 is 0 Å². The van der Waals surface area contributed by atoms with Crippen LogP contribution in [0.25, 0.3) is 11.3 Å². The van der Waals surface area contributed by atoms with E-state index in [4.69, 9.17) is 0 Å². The van der Waals surface area contributed by atoms with Crippen LogP contribution in [0.4, 0.5) is 10.2 Å². The smallest absolute Gasteiger partial charge is 0.148 e. The summed E-state index contributed by atoms with van der Waals surface area (Å²) in [5.41, 5.74) is 1.97. The maximum atomic E-state index is 14.1. The van der Waals surface area contributed by atoms with E-state index < -0.39 is 0 Å². The molecule has 4 heterocycles. The molecule has 0 radical (unpaired) electrons. The number of aryl methyl sites for hydroxylation is 1. The topological polar surface area (TPSA) is 41.0 Å². The minimum atomic E-state index is -0.254. The zero-order valence-electron chi connectivity index (χ0n) is 14.2. The summed E-state index contributed by atoms with van der Waals surface area (Å²) in [6.45, 7) is 6.58. The number of piperidine rings is 3. The van der Waals surface area contributed by atoms with E-state index in [1.165, 1.54) is 32.0 Å². The molecule has 24 heavy (non-hydrogen) atoms. The van der Waals surface area contributed by atoms with Crippen LogP contribution in [0.5, 0.6) is 0 Å². The van der Waals surface area contributed by atoms with Crippen LogP contribution >= 0.6 is 0 Å². The monoisotopic (exact) mass is 326 g/mol. The van der Waals surface area contributed by atoms with Crippen molar-refractivity contribution in [2.45, 2.75) is 38.8 Å². The SMILES string of the molecule is Cc1ccc(-c2ccc(NC3C4CCN(CC4)C3C)nn2)c(F)c1. The van der Waals surface area contributed by atoms with Crippen LogP contribution in [0, 0.1) is 18.7 Å². The molecule has 0 saturated carbocycles. The van der Waals surface area contributed by atoms with Crippen LogP contribution in [0.1, 0.15) is 25.3 Å². The van der Waals surface area contributed by atoms with E-state index in [0.29, 0.717) is 29.3 Å². The molecule has 2 atom stereocenters. The summed E-state index contributed by atoms with van der Waals surface area (Å²) in [6, 6.07) is 9.87. The quantitative estimate of drug-likeness (QED) is 0.937. The first-order valence-corrected chi connectivity index (χ1v) is 8.72. The molecule has 5 heteroatoms. The van der Waals surface area contributed by atoms with Crippen LogP contribution < -0.4 is 5.32 Å². The Kier molecular flexibility index (Phi) is 3.96. The molecule has 0 aliphatic carbocycles. The predicted molar refractivity (Wildman–Crippen MR) is 93.3 cm³/mol. The number of hydrogen-bond donors (Lipinski definition) is 1. The summed E-state index contributed by atoms with van der Waals surface area (Å²) in [6.07, 6.45) is 2.50. The first-order valence-electron chi connectivity index (χ1n) is 8.72. The van der Waals surface area contributed by atoms with Crippen LogP contribution in [0.2, 0.25) is 0 Å². The Hall–Kier alpha value is -2.01. The number of benzene rings is 1. The molecule has 1 N–H and O–H groups in total. The van der Waals surface area contributed by atoms with E-state index >= 15 is 0 Å². The number of rotatable bonds is 3. The van der Waals surface area contributed by atoms with Crippen molar-refractivity contribution in [1.82, 2.24) is 15.1 Å². The van der Waals surface area contributed by atoms with Crippen molar-refractivity contribution in [3.63, 3.8) is 0 Å². The fourth-order valence-electron chi connectivity index (χ4n) is 4.10. The predicted octanol–water partition coefficient (Wildman–Crippen LogP) is 3.49. The lowest BCUT2D eigenvalue weighted by atomic mass is 9.79. The molecule has 0 spiro atoms. The molecule has 1 aromatic carbocycles. The molecule has 3 saturated heterocycles. The van der Waals surface area contributed by atoms with Crippen molar-refractivity contribution in [3.8, 4) is 11.3 Å². The Labute approximate surface area is 142 Å². The largest absolute Gasteiger partial charge is 0.364 e. The second-order valence-electron chi connectivity index (χ2n) is 7.07. The number of fused-ring (bicyclic) bond motifs is 3. The zero-order chi connectivity index (χ0) is 16.7. The van der Waals surface area contributed by atoms with Gasteiger partial charge in [0.25, 0.3) is 0 Å². The van der Waals surface area contributed by atoms with E-state index in [9.17, 15) is 4.39 Å². The molecule has 3 aliphatic heterocycles. The van der Waals surface area contributed by atoms with Crippen LogP contribution in [-0.4, -0.2) is 40.3 Å². The Morgan fingerprint density at radius 3 is 2.54 bits per heavy atom. The number of aromatic nitrogens is 2. The molecule has 2 bridgehead atoms. The van der Waals surface area contributed by atoms with Crippen molar-refractivity contribution in [2.75, 3.05) is 18.4 Å². The van der Waals surface area contributed by atoms with Gasteiger partial charge in [-0.2, -0.15) is 0 Å². The van der Waals surface area contributed by atoms with Crippen LogP contribution in [0.3, 0.4) is 0 Å². The number of halogens is 1. The fraction of sp³-hybridized carbons (Fsp3) is 0.474. The van der Waals surface area contributed by atoms with Crippen molar-refractivity contribution < 1.29 is 4.39 Å². The van der Waals surface area contributed by atoms with Gasteiger partial charge in [-0.05, 0) is 75.5 Å². The Morgan fingerprint density at radius 1 is 1.12 bits per heavy atom. The minimum absolute atomic E-state index is 0.254. The van der Waals surface area contributed by atoms with Gasteiger partial charge in [0, 0.05) is 17.6 Å². The highest BCUT2D eigenvalue weighted by atomic mass is 19.1. The lowest BCUT2D eigenvalue weighted by molar-refractivity contribution is 0.0457. The summed E-state index contributed by atoms with van der Waals surface area (Å²) < 4.78 is 14.1. The first kappa shape index (κ1) is 15.5. The Bertz CT molecular complexity index is 721. The minimum Gasteiger partial charge on any atom is -0.364 e. The average Bonchev–Trinajstić information content (AvgIpc) is 2.59. The zero-order valence-corrected chi connectivity index (χ0v) is 14.2. The maximum absolute atomic E-state index is 14.1. The van der Waals surface area contributed by atoms with E-state index in [1.54, 1.807) is 6.07 Å². The molecule has 5 rings (SSSR count). The van der Waals surface area contributed by atoms with E-state index in [1.807, 2.05) is 25.1 Å². The lowest BCUT2D eigenvalue weighted by Gasteiger charge is -2.50. The molecule has 2 aromatic rings.